The molecule has 0 saturated carbocycles. The Balaban J connectivity index is 3.63. The maximum atomic E-state index is 10.2. The fourth-order valence-electron chi connectivity index (χ4n) is 0.590. The molecule has 0 fully saturated rings. The van der Waals surface area contributed by atoms with Crippen LogP contribution in [0.15, 0.2) is 0 Å². The first-order valence-electron chi connectivity index (χ1n) is 3.39. The molecule has 0 aromatic carbocycles. The van der Waals surface area contributed by atoms with Crippen LogP contribution in [0, 0.1) is 0 Å². The molecule has 0 aromatic heterocycles. The number of hydrogen-bond donors (Lipinski definition) is 4. The second kappa shape index (κ2) is 3.66. The zero-order chi connectivity index (χ0) is 9.07. The number of rotatable bonds is 4. The summed E-state index contributed by atoms with van der Waals surface area (Å²) in [6.07, 6.45) is 0.708. The zero-order valence-electron chi connectivity index (χ0n) is 6.58. The molecular weight excluding hydrogens is 146 g/mol. The van der Waals surface area contributed by atoms with Crippen LogP contribution in [0.3, 0.4) is 0 Å². The molecule has 0 heterocycles. The highest BCUT2D eigenvalue weighted by Gasteiger charge is 2.17. The zero-order valence-corrected chi connectivity index (χ0v) is 6.58. The number of aliphatic carboxylic acids is 1. The summed E-state index contributed by atoms with van der Waals surface area (Å²) in [7, 11) is 0. The fraction of sp³-hybridized carbons (Fsp3) is 0.833. The topological polar surface area (TPSA) is 115 Å². The van der Waals surface area contributed by atoms with Gasteiger partial charge in [-0.1, -0.05) is 0 Å². The van der Waals surface area contributed by atoms with Crippen molar-refractivity contribution in [2.75, 3.05) is 0 Å². The molecule has 1 atom stereocenters. The van der Waals surface area contributed by atoms with Crippen LogP contribution in [0.2, 0.25) is 0 Å². The Morgan fingerprint density at radius 1 is 1.64 bits per heavy atom. The third kappa shape index (κ3) is 5.78. The fourth-order valence-corrected chi connectivity index (χ4v) is 0.590. The monoisotopic (exact) mass is 161 g/mol. The second-order valence-electron chi connectivity index (χ2n) is 2.99. The third-order valence-electron chi connectivity index (χ3n) is 1.31. The molecule has 0 aliphatic carbocycles. The number of carboxylic acids is 1. The van der Waals surface area contributed by atoms with Gasteiger partial charge in [0.05, 0.1) is 5.66 Å². The van der Waals surface area contributed by atoms with Crippen molar-refractivity contribution in [2.45, 2.75) is 31.5 Å². The van der Waals surface area contributed by atoms with E-state index in [1.807, 2.05) is 0 Å². The first-order valence-corrected chi connectivity index (χ1v) is 3.39. The number of carbonyl (C=O) groups is 1. The van der Waals surface area contributed by atoms with Crippen molar-refractivity contribution in [1.29, 1.82) is 0 Å². The van der Waals surface area contributed by atoms with E-state index < -0.39 is 17.7 Å². The Hall–Kier alpha value is -0.650. The van der Waals surface area contributed by atoms with E-state index in [0.717, 1.165) is 0 Å². The van der Waals surface area contributed by atoms with Crippen molar-refractivity contribution >= 4 is 5.97 Å². The highest BCUT2D eigenvalue weighted by Crippen LogP contribution is 2.03. The van der Waals surface area contributed by atoms with E-state index in [1.54, 1.807) is 6.92 Å². The predicted octanol–water partition coefficient (Wildman–Crippen LogP) is -1.19. The summed E-state index contributed by atoms with van der Waals surface area (Å²) in [6, 6.07) is -0.860. The molecule has 5 nitrogen and oxygen atoms in total. The van der Waals surface area contributed by atoms with Crippen molar-refractivity contribution in [1.82, 2.24) is 0 Å². The molecule has 0 aliphatic rings. The van der Waals surface area contributed by atoms with Crippen LogP contribution in [0.1, 0.15) is 19.8 Å². The minimum atomic E-state index is -1.02. The summed E-state index contributed by atoms with van der Waals surface area (Å²) in [5.74, 6) is -1.02. The largest absolute Gasteiger partial charge is 0.480 e. The average molecular weight is 161 g/mol. The lowest BCUT2D eigenvalue weighted by Gasteiger charge is -2.19. The first kappa shape index (κ1) is 10.3. The standard InChI is InChI=1S/C6H15N3O2/c1-6(8,9)3-2-4(7)5(10)11/h4H,2-3,7-9H2,1H3,(H,10,11). The van der Waals surface area contributed by atoms with Gasteiger partial charge in [-0.05, 0) is 19.8 Å². The van der Waals surface area contributed by atoms with Gasteiger partial charge in [0.1, 0.15) is 6.04 Å². The van der Waals surface area contributed by atoms with E-state index in [-0.39, 0.29) is 0 Å². The molecule has 11 heavy (non-hydrogen) atoms. The molecule has 0 aliphatic heterocycles. The molecule has 1 unspecified atom stereocenters. The Morgan fingerprint density at radius 2 is 2.09 bits per heavy atom. The quantitative estimate of drug-likeness (QED) is 0.387. The number of nitrogens with two attached hydrogens (primary N) is 3. The molecule has 0 aromatic rings. The van der Waals surface area contributed by atoms with E-state index in [2.05, 4.69) is 0 Å². The molecular formula is C6H15N3O2. The lowest BCUT2D eigenvalue weighted by atomic mass is 10.0. The SMILES string of the molecule is CC(N)(N)CCC(N)C(=O)O. The van der Waals surface area contributed by atoms with Gasteiger partial charge in [0.15, 0.2) is 0 Å². The van der Waals surface area contributed by atoms with Gasteiger partial charge < -0.3 is 22.3 Å². The molecule has 5 heteroatoms. The van der Waals surface area contributed by atoms with E-state index >= 15 is 0 Å². The normalized spacial score (nSPS) is 14.5. The molecule has 7 N–H and O–H groups in total. The predicted molar refractivity (Wildman–Crippen MR) is 41.6 cm³/mol. The van der Waals surface area contributed by atoms with Crippen LogP contribution in [-0.2, 0) is 4.79 Å². The van der Waals surface area contributed by atoms with Gasteiger partial charge in [0.2, 0.25) is 0 Å². The summed E-state index contributed by atoms with van der Waals surface area (Å²) >= 11 is 0. The van der Waals surface area contributed by atoms with Gasteiger partial charge in [-0.3, -0.25) is 4.79 Å². The van der Waals surface area contributed by atoms with Crippen LogP contribution in [0.5, 0.6) is 0 Å². The van der Waals surface area contributed by atoms with E-state index in [0.29, 0.717) is 12.8 Å². The van der Waals surface area contributed by atoms with Crippen LogP contribution < -0.4 is 17.2 Å². The van der Waals surface area contributed by atoms with Crippen molar-refractivity contribution in [3.63, 3.8) is 0 Å². The van der Waals surface area contributed by atoms with E-state index in [9.17, 15) is 4.79 Å². The Labute approximate surface area is 65.5 Å². The number of carboxylic acid groups (broad SMARTS) is 1. The van der Waals surface area contributed by atoms with Gasteiger partial charge >= 0.3 is 5.97 Å². The van der Waals surface area contributed by atoms with E-state index in [4.69, 9.17) is 22.3 Å². The van der Waals surface area contributed by atoms with Crippen molar-refractivity contribution in [2.24, 2.45) is 17.2 Å². The summed E-state index contributed by atoms with van der Waals surface area (Å²) < 4.78 is 0. The van der Waals surface area contributed by atoms with Crippen molar-refractivity contribution in [3.8, 4) is 0 Å². The van der Waals surface area contributed by atoms with Gasteiger partial charge in [0, 0.05) is 0 Å². The first-order chi connectivity index (χ1) is 4.83. The average Bonchev–Trinajstić information content (AvgIpc) is 1.80. The highest BCUT2D eigenvalue weighted by molar-refractivity contribution is 5.72. The minimum absolute atomic E-state index is 0.304. The molecule has 66 valence electrons. The van der Waals surface area contributed by atoms with Crippen molar-refractivity contribution < 1.29 is 9.90 Å². The van der Waals surface area contributed by atoms with E-state index in [1.165, 1.54) is 0 Å². The van der Waals surface area contributed by atoms with Crippen LogP contribution >= 0.6 is 0 Å². The Bertz CT molecular complexity index is 141. The van der Waals surface area contributed by atoms with Gasteiger partial charge in [-0.15, -0.1) is 0 Å². The second-order valence-corrected chi connectivity index (χ2v) is 2.99. The van der Waals surface area contributed by atoms with Crippen LogP contribution in [-0.4, -0.2) is 22.8 Å². The van der Waals surface area contributed by atoms with Gasteiger partial charge in [-0.2, -0.15) is 0 Å². The highest BCUT2D eigenvalue weighted by atomic mass is 16.4. The third-order valence-corrected chi connectivity index (χ3v) is 1.31. The van der Waals surface area contributed by atoms with Crippen LogP contribution in [0.25, 0.3) is 0 Å². The Morgan fingerprint density at radius 3 is 2.36 bits per heavy atom. The van der Waals surface area contributed by atoms with Gasteiger partial charge in [0.25, 0.3) is 0 Å². The van der Waals surface area contributed by atoms with Crippen molar-refractivity contribution in [3.05, 3.63) is 0 Å². The maximum absolute atomic E-state index is 10.2. The summed E-state index contributed by atoms with van der Waals surface area (Å²) in [6.45, 7) is 1.63. The minimum Gasteiger partial charge on any atom is -0.480 e. The molecule has 0 bridgehead atoms. The molecule has 0 amide bonds. The van der Waals surface area contributed by atoms with Gasteiger partial charge in [-0.25, -0.2) is 0 Å². The summed E-state index contributed by atoms with van der Waals surface area (Å²) in [5, 5.41) is 8.37. The lowest BCUT2D eigenvalue weighted by Crippen LogP contribution is -2.47. The molecule has 0 radical (unpaired) electrons. The Kier molecular flexibility index (Phi) is 3.44. The molecule has 0 rings (SSSR count). The smallest absolute Gasteiger partial charge is 0.320 e. The van der Waals surface area contributed by atoms with Crippen LogP contribution in [0.4, 0.5) is 0 Å². The molecule has 0 spiro atoms. The maximum Gasteiger partial charge on any atom is 0.320 e. The lowest BCUT2D eigenvalue weighted by molar-refractivity contribution is -0.138. The molecule has 0 saturated heterocycles. The number of hydrogen-bond acceptors (Lipinski definition) is 4. The summed E-state index contributed by atoms with van der Waals surface area (Å²) in [5.41, 5.74) is 15.2. The summed E-state index contributed by atoms with van der Waals surface area (Å²) in [4.78, 5) is 10.2.